The van der Waals surface area contributed by atoms with Crippen LogP contribution < -0.4 is 0 Å². The first kappa shape index (κ1) is 19.8. The monoisotopic (exact) mass is 406 g/mol. The highest BCUT2D eigenvalue weighted by molar-refractivity contribution is 6.22. The molecule has 2 aliphatic heterocycles. The van der Waals surface area contributed by atoms with Crippen molar-refractivity contribution >= 4 is 23.6 Å². The van der Waals surface area contributed by atoms with Crippen molar-refractivity contribution in [3.05, 3.63) is 65.0 Å². The fraction of sp³-hybridized carbons (Fsp3) is 0.318. The summed E-state index contributed by atoms with van der Waals surface area (Å²) < 4.78 is 0. The van der Waals surface area contributed by atoms with E-state index in [1.54, 1.807) is 54.1 Å². The predicted octanol–water partition coefficient (Wildman–Crippen LogP) is 1.68. The van der Waals surface area contributed by atoms with Crippen LogP contribution in [0.15, 0.2) is 42.7 Å². The normalized spacial score (nSPS) is 16.3. The number of amides is 4. The number of pyridine rings is 1. The van der Waals surface area contributed by atoms with E-state index in [9.17, 15) is 19.2 Å². The molecule has 2 aromatic rings. The van der Waals surface area contributed by atoms with Gasteiger partial charge in [-0.05, 0) is 44.2 Å². The number of fused-ring (bicyclic) bond motifs is 1. The Labute approximate surface area is 174 Å². The third-order valence-electron chi connectivity index (χ3n) is 5.44. The van der Waals surface area contributed by atoms with Gasteiger partial charge >= 0.3 is 0 Å². The first-order chi connectivity index (χ1) is 14.4. The van der Waals surface area contributed by atoms with Gasteiger partial charge in [-0.25, -0.2) is 0 Å². The van der Waals surface area contributed by atoms with E-state index in [1.165, 1.54) is 17.2 Å². The maximum absolute atomic E-state index is 13.0. The van der Waals surface area contributed by atoms with Crippen LogP contribution in [0.25, 0.3) is 0 Å². The van der Waals surface area contributed by atoms with Gasteiger partial charge in [-0.1, -0.05) is 0 Å². The van der Waals surface area contributed by atoms with Crippen LogP contribution in [0.1, 0.15) is 55.3 Å². The lowest BCUT2D eigenvalue weighted by molar-refractivity contribution is 0.0535. The van der Waals surface area contributed by atoms with Gasteiger partial charge in [-0.2, -0.15) is 0 Å². The van der Waals surface area contributed by atoms with Crippen molar-refractivity contribution < 1.29 is 19.2 Å². The summed E-state index contributed by atoms with van der Waals surface area (Å²) in [6, 6.07) is 7.83. The van der Waals surface area contributed by atoms with Gasteiger partial charge in [-0.3, -0.25) is 29.1 Å². The summed E-state index contributed by atoms with van der Waals surface area (Å²) in [7, 11) is 0. The fourth-order valence-corrected chi connectivity index (χ4v) is 3.83. The number of carbonyl (C=O) groups excluding carboxylic acids is 4. The molecule has 1 saturated heterocycles. The van der Waals surface area contributed by atoms with Gasteiger partial charge in [0.25, 0.3) is 23.6 Å². The lowest BCUT2D eigenvalue weighted by Crippen LogP contribution is -2.50. The second-order valence-corrected chi connectivity index (χ2v) is 7.66. The Kier molecular flexibility index (Phi) is 5.07. The summed E-state index contributed by atoms with van der Waals surface area (Å²) in [4.78, 5) is 59.0. The molecule has 4 amide bonds. The molecule has 0 bridgehead atoms. The van der Waals surface area contributed by atoms with Crippen LogP contribution in [-0.2, 0) is 0 Å². The van der Waals surface area contributed by atoms with E-state index in [0.29, 0.717) is 42.9 Å². The van der Waals surface area contributed by atoms with Crippen LogP contribution in [0.5, 0.6) is 0 Å². The third-order valence-corrected chi connectivity index (χ3v) is 5.44. The van der Waals surface area contributed by atoms with Gasteiger partial charge in [-0.15, -0.1) is 0 Å². The highest BCUT2D eigenvalue weighted by Crippen LogP contribution is 2.26. The number of imide groups is 1. The number of carbonyl (C=O) groups is 4. The van der Waals surface area contributed by atoms with Crippen LogP contribution in [0.3, 0.4) is 0 Å². The molecule has 0 atom stereocenters. The van der Waals surface area contributed by atoms with E-state index in [2.05, 4.69) is 4.98 Å². The van der Waals surface area contributed by atoms with Crippen LogP contribution in [0, 0.1) is 0 Å². The van der Waals surface area contributed by atoms with Gasteiger partial charge in [0.2, 0.25) is 0 Å². The number of hydrogen-bond acceptors (Lipinski definition) is 5. The second kappa shape index (κ2) is 7.70. The Balaban J connectivity index is 1.45. The summed E-state index contributed by atoms with van der Waals surface area (Å²) in [6.07, 6.45) is 3.14. The topological polar surface area (TPSA) is 90.9 Å². The average Bonchev–Trinajstić information content (AvgIpc) is 3.03. The lowest BCUT2D eigenvalue weighted by Gasteiger charge is -2.34. The van der Waals surface area contributed by atoms with Crippen molar-refractivity contribution in [2.45, 2.75) is 19.9 Å². The molecule has 8 nitrogen and oxygen atoms in total. The molecule has 154 valence electrons. The minimum absolute atomic E-state index is 0.106. The van der Waals surface area contributed by atoms with Gasteiger partial charge in [0.15, 0.2) is 0 Å². The minimum atomic E-state index is -0.369. The standard InChI is InChI=1S/C22H22N4O4/c1-14(2)26-21(29)17-6-5-15(12-18(17)22(26)30)19(27)24-8-10-25(11-9-24)20(28)16-4-3-7-23-13-16/h3-7,12-14H,8-11H2,1-2H3. The van der Waals surface area contributed by atoms with E-state index < -0.39 is 0 Å². The van der Waals surface area contributed by atoms with Crippen LogP contribution in [0.4, 0.5) is 0 Å². The number of piperazine rings is 1. The maximum Gasteiger partial charge on any atom is 0.261 e. The Bertz CT molecular complexity index is 1030. The lowest BCUT2D eigenvalue weighted by atomic mass is 10.0. The van der Waals surface area contributed by atoms with Crippen molar-refractivity contribution in [1.82, 2.24) is 19.7 Å². The molecule has 8 heteroatoms. The summed E-state index contributed by atoms with van der Waals surface area (Å²) >= 11 is 0. The Morgan fingerprint density at radius 2 is 1.47 bits per heavy atom. The van der Waals surface area contributed by atoms with Crippen molar-refractivity contribution in [1.29, 1.82) is 0 Å². The number of benzene rings is 1. The summed E-state index contributed by atoms with van der Waals surface area (Å²) in [5.74, 6) is -1.02. The van der Waals surface area contributed by atoms with Crippen LogP contribution >= 0.6 is 0 Å². The molecule has 1 aromatic carbocycles. The van der Waals surface area contributed by atoms with Crippen molar-refractivity contribution in [2.75, 3.05) is 26.2 Å². The molecule has 0 radical (unpaired) electrons. The van der Waals surface area contributed by atoms with Gasteiger partial charge in [0.1, 0.15) is 0 Å². The molecule has 0 saturated carbocycles. The molecule has 1 fully saturated rings. The molecule has 3 heterocycles. The van der Waals surface area contributed by atoms with Crippen molar-refractivity contribution in [3.63, 3.8) is 0 Å². The Morgan fingerprint density at radius 3 is 2.03 bits per heavy atom. The largest absolute Gasteiger partial charge is 0.335 e. The molecule has 2 aliphatic rings. The molecule has 30 heavy (non-hydrogen) atoms. The van der Waals surface area contributed by atoms with E-state index in [1.807, 2.05) is 0 Å². The van der Waals surface area contributed by atoms with E-state index in [4.69, 9.17) is 0 Å². The van der Waals surface area contributed by atoms with E-state index >= 15 is 0 Å². The first-order valence-electron chi connectivity index (χ1n) is 9.89. The number of hydrogen-bond donors (Lipinski definition) is 0. The smallest absolute Gasteiger partial charge is 0.261 e. The molecule has 0 spiro atoms. The number of nitrogens with zero attached hydrogens (tertiary/aromatic N) is 4. The van der Waals surface area contributed by atoms with E-state index in [0.717, 1.165) is 0 Å². The number of aromatic nitrogens is 1. The predicted molar refractivity (Wildman–Crippen MR) is 108 cm³/mol. The quantitative estimate of drug-likeness (QED) is 0.724. The molecular weight excluding hydrogens is 384 g/mol. The molecule has 4 rings (SSSR count). The minimum Gasteiger partial charge on any atom is -0.335 e. The second-order valence-electron chi connectivity index (χ2n) is 7.66. The summed E-state index contributed by atoms with van der Waals surface area (Å²) in [6.45, 7) is 5.19. The first-order valence-corrected chi connectivity index (χ1v) is 9.89. The SMILES string of the molecule is CC(C)N1C(=O)c2ccc(C(=O)N3CCN(C(=O)c4cccnc4)CC3)cc2C1=O. The highest BCUT2D eigenvalue weighted by Gasteiger charge is 2.38. The highest BCUT2D eigenvalue weighted by atomic mass is 16.2. The zero-order valence-corrected chi connectivity index (χ0v) is 16.9. The Morgan fingerprint density at radius 1 is 0.867 bits per heavy atom. The molecule has 1 aromatic heterocycles. The molecule has 0 N–H and O–H groups in total. The fourth-order valence-electron chi connectivity index (χ4n) is 3.83. The van der Waals surface area contributed by atoms with Crippen LogP contribution in [-0.4, -0.2) is 75.5 Å². The van der Waals surface area contributed by atoms with Gasteiger partial charge in [0.05, 0.1) is 16.7 Å². The third kappa shape index (κ3) is 3.34. The molecular formula is C22H22N4O4. The zero-order chi connectivity index (χ0) is 21.4. The molecule has 0 aliphatic carbocycles. The number of rotatable bonds is 3. The van der Waals surface area contributed by atoms with Crippen molar-refractivity contribution in [3.8, 4) is 0 Å². The maximum atomic E-state index is 13.0. The van der Waals surface area contributed by atoms with Gasteiger partial charge < -0.3 is 9.80 Å². The van der Waals surface area contributed by atoms with Crippen molar-refractivity contribution in [2.24, 2.45) is 0 Å². The summed E-state index contributed by atoms with van der Waals surface area (Å²) in [5.41, 5.74) is 1.49. The summed E-state index contributed by atoms with van der Waals surface area (Å²) in [5, 5.41) is 0. The molecule has 0 unspecified atom stereocenters. The van der Waals surface area contributed by atoms with Crippen LogP contribution in [0.2, 0.25) is 0 Å². The average molecular weight is 406 g/mol. The Hall–Kier alpha value is -3.55. The van der Waals surface area contributed by atoms with E-state index in [-0.39, 0.29) is 35.2 Å². The zero-order valence-electron chi connectivity index (χ0n) is 16.9. The van der Waals surface area contributed by atoms with Gasteiger partial charge in [0, 0.05) is 50.2 Å².